The van der Waals surface area contributed by atoms with Gasteiger partial charge >= 0.3 is 0 Å². The standard InChI is InChI=1S/C14H20FNOS/c1-2-10-6-7-13(16)14(8-10)18(17)12-5-3-4-11(15)9-12/h3-5,9-10,13-14H,2,6-8,16H2,1H3. The quantitative estimate of drug-likeness (QED) is 0.917. The van der Waals surface area contributed by atoms with Crippen molar-refractivity contribution in [1.29, 1.82) is 0 Å². The first-order valence-electron chi connectivity index (χ1n) is 6.53. The second kappa shape index (κ2) is 5.93. The summed E-state index contributed by atoms with van der Waals surface area (Å²) in [5.41, 5.74) is 6.09. The first-order chi connectivity index (χ1) is 8.61. The zero-order chi connectivity index (χ0) is 13.1. The van der Waals surface area contributed by atoms with E-state index in [-0.39, 0.29) is 17.1 Å². The summed E-state index contributed by atoms with van der Waals surface area (Å²) in [6.45, 7) is 2.16. The van der Waals surface area contributed by atoms with Crippen molar-refractivity contribution in [2.45, 2.75) is 48.8 Å². The Kier molecular flexibility index (Phi) is 4.51. The van der Waals surface area contributed by atoms with Crippen LogP contribution in [0.3, 0.4) is 0 Å². The fraction of sp³-hybridized carbons (Fsp3) is 0.571. The molecule has 1 saturated carbocycles. The molecule has 0 amide bonds. The molecule has 1 fully saturated rings. The lowest BCUT2D eigenvalue weighted by Crippen LogP contribution is -2.42. The SMILES string of the molecule is CCC1CCC(N)C(S(=O)c2cccc(F)c2)C1. The summed E-state index contributed by atoms with van der Waals surface area (Å²) in [6, 6.07) is 6.03. The lowest BCUT2D eigenvalue weighted by Gasteiger charge is -2.33. The Morgan fingerprint density at radius 2 is 2.22 bits per heavy atom. The molecule has 0 saturated heterocycles. The van der Waals surface area contributed by atoms with E-state index < -0.39 is 10.8 Å². The maximum atomic E-state index is 13.2. The van der Waals surface area contributed by atoms with Gasteiger partial charge in [0.1, 0.15) is 5.82 Å². The summed E-state index contributed by atoms with van der Waals surface area (Å²) in [4.78, 5) is 0.562. The minimum absolute atomic E-state index is 0.0306. The third kappa shape index (κ3) is 2.98. The van der Waals surface area contributed by atoms with Crippen LogP contribution in [0.25, 0.3) is 0 Å². The summed E-state index contributed by atoms with van der Waals surface area (Å²) in [7, 11) is -1.20. The van der Waals surface area contributed by atoms with Gasteiger partial charge in [-0.3, -0.25) is 4.21 Å². The molecule has 0 heterocycles. The van der Waals surface area contributed by atoms with E-state index in [1.807, 2.05) is 0 Å². The minimum atomic E-state index is -1.20. The van der Waals surface area contributed by atoms with Gasteiger partial charge in [-0.1, -0.05) is 19.4 Å². The first kappa shape index (κ1) is 13.7. The van der Waals surface area contributed by atoms with Crippen LogP contribution in [0.5, 0.6) is 0 Å². The minimum Gasteiger partial charge on any atom is -0.327 e. The molecule has 18 heavy (non-hydrogen) atoms. The van der Waals surface area contributed by atoms with Gasteiger partial charge in [0, 0.05) is 10.9 Å². The third-order valence-electron chi connectivity index (χ3n) is 3.83. The van der Waals surface area contributed by atoms with E-state index in [2.05, 4.69) is 6.92 Å². The van der Waals surface area contributed by atoms with E-state index in [0.717, 1.165) is 25.7 Å². The fourth-order valence-electron chi connectivity index (χ4n) is 2.62. The number of benzene rings is 1. The van der Waals surface area contributed by atoms with Gasteiger partial charge in [-0.15, -0.1) is 0 Å². The highest BCUT2D eigenvalue weighted by atomic mass is 32.2. The molecule has 2 nitrogen and oxygen atoms in total. The maximum absolute atomic E-state index is 13.2. The summed E-state index contributed by atoms with van der Waals surface area (Å²) in [5, 5.41) is -0.0366. The summed E-state index contributed by atoms with van der Waals surface area (Å²) < 4.78 is 25.7. The molecule has 0 aliphatic heterocycles. The van der Waals surface area contributed by atoms with Crippen LogP contribution < -0.4 is 5.73 Å². The lowest BCUT2D eigenvalue weighted by molar-refractivity contribution is 0.324. The molecule has 0 spiro atoms. The molecule has 2 N–H and O–H groups in total. The number of rotatable bonds is 3. The number of nitrogens with two attached hydrogens (primary N) is 1. The van der Waals surface area contributed by atoms with Crippen molar-refractivity contribution in [3.63, 3.8) is 0 Å². The Hall–Kier alpha value is -0.740. The van der Waals surface area contributed by atoms with E-state index in [0.29, 0.717) is 10.8 Å². The van der Waals surface area contributed by atoms with E-state index in [9.17, 15) is 8.60 Å². The Bertz CT molecular complexity index is 438. The Balaban J connectivity index is 2.16. The van der Waals surface area contributed by atoms with E-state index in [1.54, 1.807) is 12.1 Å². The van der Waals surface area contributed by atoms with Crippen molar-refractivity contribution < 1.29 is 8.60 Å². The highest BCUT2D eigenvalue weighted by Gasteiger charge is 2.32. The number of hydrogen-bond acceptors (Lipinski definition) is 2. The van der Waals surface area contributed by atoms with Crippen molar-refractivity contribution >= 4 is 10.8 Å². The summed E-state index contributed by atoms with van der Waals surface area (Å²) >= 11 is 0. The van der Waals surface area contributed by atoms with Crippen molar-refractivity contribution in [2.75, 3.05) is 0 Å². The molecular formula is C14H20FNOS. The van der Waals surface area contributed by atoms with Crippen LogP contribution in [0.4, 0.5) is 4.39 Å². The van der Waals surface area contributed by atoms with Crippen molar-refractivity contribution in [1.82, 2.24) is 0 Å². The molecular weight excluding hydrogens is 249 g/mol. The Morgan fingerprint density at radius 1 is 1.44 bits per heavy atom. The molecule has 0 radical (unpaired) electrons. The van der Waals surface area contributed by atoms with Gasteiger partial charge in [-0.05, 0) is 43.4 Å². The topological polar surface area (TPSA) is 43.1 Å². The molecule has 1 aromatic carbocycles. The molecule has 1 aromatic rings. The van der Waals surface area contributed by atoms with Gasteiger partial charge in [-0.25, -0.2) is 4.39 Å². The average molecular weight is 269 g/mol. The second-order valence-electron chi connectivity index (χ2n) is 5.04. The van der Waals surface area contributed by atoms with Crippen molar-refractivity contribution in [3.8, 4) is 0 Å². The van der Waals surface area contributed by atoms with Crippen LogP contribution in [0.15, 0.2) is 29.2 Å². The number of halogens is 1. The van der Waals surface area contributed by atoms with Gasteiger partial charge < -0.3 is 5.73 Å². The maximum Gasteiger partial charge on any atom is 0.124 e. The fourth-order valence-corrected chi connectivity index (χ4v) is 4.31. The van der Waals surface area contributed by atoms with Gasteiger partial charge in [0.15, 0.2) is 0 Å². The van der Waals surface area contributed by atoms with Crippen LogP contribution in [0.2, 0.25) is 0 Å². The predicted molar refractivity (Wildman–Crippen MR) is 72.2 cm³/mol. The van der Waals surface area contributed by atoms with Crippen LogP contribution in [0.1, 0.15) is 32.6 Å². The summed E-state index contributed by atoms with van der Waals surface area (Å²) in [5.74, 6) is 0.268. The molecule has 1 aliphatic carbocycles. The second-order valence-corrected chi connectivity index (χ2v) is 6.72. The lowest BCUT2D eigenvalue weighted by atomic mass is 9.84. The third-order valence-corrected chi connectivity index (χ3v) is 5.64. The largest absolute Gasteiger partial charge is 0.327 e. The van der Waals surface area contributed by atoms with Gasteiger partial charge in [0.05, 0.1) is 16.0 Å². The zero-order valence-corrected chi connectivity index (χ0v) is 11.5. The van der Waals surface area contributed by atoms with Gasteiger partial charge in [0.2, 0.25) is 0 Å². The van der Waals surface area contributed by atoms with Crippen LogP contribution >= 0.6 is 0 Å². The van der Waals surface area contributed by atoms with Crippen LogP contribution in [-0.4, -0.2) is 15.5 Å². The summed E-state index contributed by atoms with van der Waals surface area (Å²) in [6.07, 6.45) is 4.03. The zero-order valence-electron chi connectivity index (χ0n) is 10.6. The molecule has 0 aromatic heterocycles. The monoisotopic (exact) mass is 269 g/mol. The van der Waals surface area contributed by atoms with Crippen molar-refractivity contribution in [2.24, 2.45) is 11.7 Å². The van der Waals surface area contributed by atoms with E-state index >= 15 is 0 Å². The molecule has 4 atom stereocenters. The highest BCUT2D eigenvalue weighted by molar-refractivity contribution is 7.85. The molecule has 4 heteroatoms. The van der Waals surface area contributed by atoms with E-state index in [4.69, 9.17) is 5.73 Å². The molecule has 100 valence electrons. The van der Waals surface area contributed by atoms with Gasteiger partial charge in [-0.2, -0.15) is 0 Å². The smallest absolute Gasteiger partial charge is 0.124 e. The van der Waals surface area contributed by atoms with Gasteiger partial charge in [0.25, 0.3) is 0 Å². The van der Waals surface area contributed by atoms with Crippen molar-refractivity contribution in [3.05, 3.63) is 30.1 Å². The molecule has 0 bridgehead atoms. The highest BCUT2D eigenvalue weighted by Crippen LogP contribution is 2.31. The van der Waals surface area contributed by atoms with Crippen LogP contribution in [0, 0.1) is 11.7 Å². The average Bonchev–Trinajstić information content (AvgIpc) is 2.38. The number of hydrogen-bond donors (Lipinski definition) is 1. The Labute approximate surface area is 110 Å². The molecule has 1 aliphatic rings. The van der Waals surface area contributed by atoms with Crippen LogP contribution in [-0.2, 0) is 10.8 Å². The predicted octanol–water partition coefficient (Wildman–Crippen LogP) is 2.84. The molecule has 4 unspecified atom stereocenters. The molecule has 2 rings (SSSR count). The first-order valence-corrected chi connectivity index (χ1v) is 7.74. The van der Waals surface area contributed by atoms with E-state index in [1.165, 1.54) is 12.1 Å². The normalized spacial score (nSPS) is 30.1. The Morgan fingerprint density at radius 3 is 2.89 bits per heavy atom.